The van der Waals surface area contributed by atoms with E-state index in [9.17, 15) is 10.2 Å². The van der Waals surface area contributed by atoms with Gasteiger partial charge in [-0.25, -0.2) is 0 Å². The highest BCUT2D eigenvalue weighted by molar-refractivity contribution is 5.26. The second kappa shape index (κ2) is 5.08. The van der Waals surface area contributed by atoms with Crippen LogP contribution in [-0.4, -0.2) is 22.4 Å². The average Bonchev–Trinajstić information content (AvgIpc) is 2.84. The van der Waals surface area contributed by atoms with Gasteiger partial charge in [-0.05, 0) is 92.8 Å². The van der Waals surface area contributed by atoms with Crippen LogP contribution in [0.2, 0.25) is 0 Å². The van der Waals surface area contributed by atoms with Crippen LogP contribution in [0.5, 0.6) is 0 Å². The molecular weight excluding hydrogens is 284 g/mol. The second-order valence-corrected chi connectivity index (χ2v) is 9.93. The number of allylic oxidation sites excluding steroid dienone is 1. The van der Waals surface area contributed by atoms with E-state index in [1.54, 1.807) is 5.57 Å². The van der Waals surface area contributed by atoms with E-state index in [1.807, 2.05) is 6.92 Å². The predicted molar refractivity (Wildman–Crippen MR) is 92.9 cm³/mol. The fraction of sp³-hybridized carbons (Fsp3) is 0.905. The Hall–Kier alpha value is -0.340. The smallest absolute Gasteiger partial charge is 0.0657 e. The number of hydrogen-bond donors (Lipinski definition) is 2. The lowest BCUT2D eigenvalue weighted by Crippen LogP contribution is -2.51. The maximum Gasteiger partial charge on any atom is 0.0657 e. The Morgan fingerprint density at radius 2 is 1.83 bits per heavy atom. The average molecular weight is 319 g/mol. The molecule has 23 heavy (non-hydrogen) atoms. The van der Waals surface area contributed by atoms with E-state index in [0.717, 1.165) is 37.0 Å². The van der Waals surface area contributed by atoms with Crippen LogP contribution in [0, 0.1) is 34.5 Å². The van der Waals surface area contributed by atoms with Crippen molar-refractivity contribution in [3.05, 3.63) is 11.6 Å². The first-order valence-corrected chi connectivity index (χ1v) is 9.83. The molecule has 2 N–H and O–H groups in total. The van der Waals surface area contributed by atoms with E-state index in [4.69, 9.17) is 0 Å². The van der Waals surface area contributed by atoms with Gasteiger partial charge in [0.05, 0.1) is 5.60 Å². The highest BCUT2D eigenvalue weighted by Gasteiger charge is 2.58. The van der Waals surface area contributed by atoms with Crippen molar-refractivity contribution in [3.63, 3.8) is 0 Å². The Morgan fingerprint density at radius 1 is 1.04 bits per heavy atom. The van der Waals surface area contributed by atoms with Gasteiger partial charge in [0.2, 0.25) is 0 Å². The van der Waals surface area contributed by atoms with E-state index in [1.165, 1.54) is 32.1 Å². The maximum absolute atomic E-state index is 10.5. The molecule has 0 amide bonds. The van der Waals surface area contributed by atoms with Crippen molar-refractivity contribution < 1.29 is 10.2 Å². The van der Waals surface area contributed by atoms with E-state index in [0.29, 0.717) is 23.4 Å². The van der Waals surface area contributed by atoms with Crippen molar-refractivity contribution in [3.8, 4) is 0 Å². The fourth-order valence-corrected chi connectivity index (χ4v) is 7.21. The highest BCUT2D eigenvalue weighted by atomic mass is 16.3. The Balaban J connectivity index is 1.65. The van der Waals surface area contributed by atoms with Crippen LogP contribution >= 0.6 is 0 Å². The normalized spacial score (nSPS) is 55.6. The number of fused-ring (bicyclic) bond motifs is 5. The predicted octanol–water partition coefficient (Wildman–Crippen LogP) is 4.31. The van der Waals surface area contributed by atoms with Crippen LogP contribution < -0.4 is 0 Å². The largest absolute Gasteiger partial charge is 0.396 e. The van der Waals surface area contributed by atoms with Crippen LogP contribution in [0.15, 0.2) is 11.6 Å². The minimum absolute atomic E-state index is 0.323. The molecule has 3 fully saturated rings. The monoisotopic (exact) mass is 318 g/mol. The summed E-state index contributed by atoms with van der Waals surface area (Å²) in [7, 11) is 0. The van der Waals surface area contributed by atoms with Gasteiger partial charge in [0.25, 0.3) is 0 Å². The molecule has 7 unspecified atom stereocenters. The zero-order valence-corrected chi connectivity index (χ0v) is 15.1. The van der Waals surface area contributed by atoms with Crippen molar-refractivity contribution in [1.29, 1.82) is 0 Å². The summed E-state index contributed by atoms with van der Waals surface area (Å²) in [6, 6.07) is 0. The quantitative estimate of drug-likeness (QED) is 0.707. The molecule has 0 radical (unpaired) electrons. The molecule has 0 spiro atoms. The van der Waals surface area contributed by atoms with E-state index in [2.05, 4.69) is 19.9 Å². The van der Waals surface area contributed by atoms with Crippen molar-refractivity contribution in [1.82, 2.24) is 0 Å². The molecule has 2 nitrogen and oxygen atoms in total. The minimum Gasteiger partial charge on any atom is -0.396 e. The zero-order valence-electron chi connectivity index (χ0n) is 15.1. The van der Waals surface area contributed by atoms with Crippen LogP contribution in [0.25, 0.3) is 0 Å². The molecule has 0 heterocycles. The summed E-state index contributed by atoms with van der Waals surface area (Å²) in [6.07, 6.45) is 11.9. The van der Waals surface area contributed by atoms with Gasteiger partial charge in [-0.15, -0.1) is 0 Å². The van der Waals surface area contributed by atoms with Gasteiger partial charge in [-0.2, -0.15) is 0 Å². The molecule has 2 heteroatoms. The number of aliphatic hydroxyl groups excluding tert-OH is 1. The Bertz CT molecular complexity index is 522. The van der Waals surface area contributed by atoms with Gasteiger partial charge in [0.1, 0.15) is 0 Å². The lowest BCUT2D eigenvalue weighted by molar-refractivity contribution is -0.0696. The van der Waals surface area contributed by atoms with E-state index < -0.39 is 5.60 Å². The van der Waals surface area contributed by atoms with Gasteiger partial charge < -0.3 is 10.2 Å². The first kappa shape index (κ1) is 16.1. The third-order valence-electron chi connectivity index (χ3n) is 8.80. The van der Waals surface area contributed by atoms with Crippen molar-refractivity contribution >= 4 is 0 Å². The van der Waals surface area contributed by atoms with Gasteiger partial charge >= 0.3 is 0 Å². The fourth-order valence-electron chi connectivity index (χ4n) is 7.21. The van der Waals surface area contributed by atoms with Gasteiger partial charge in [0, 0.05) is 6.61 Å². The minimum atomic E-state index is -0.489. The summed E-state index contributed by atoms with van der Waals surface area (Å²) >= 11 is 0. The van der Waals surface area contributed by atoms with Crippen molar-refractivity contribution in [2.45, 2.75) is 77.7 Å². The Morgan fingerprint density at radius 3 is 2.57 bits per heavy atom. The molecule has 4 rings (SSSR count). The molecule has 4 aliphatic rings. The summed E-state index contributed by atoms with van der Waals surface area (Å²) in [4.78, 5) is 0. The highest BCUT2D eigenvalue weighted by Crippen LogP contribution is 2.66. The van der Waals surface area contributed by atoms with Crippen LogP contribution in [0.4, 0.5) is 0 Å². The molecule has 3 saturated carbocycles. The third kappa shape index (κ3) is 2.20. The standard InChI is InChI=1S/C21H34O2/c1-19(23)10-11-21(3)14(12-19)4-6-16-17-7-5-15(13-22)20(17,2)9-8-18(16)21/h4,15-18,22-23H,5-13H2,1-3H3. The number of aliphatic hydroxyl groups is 2. The van der Waals surface area contributed by atoms with E-state index in [-0.39, 0.29) is 0 Å². The van der Waals surface area contributed by atoms with Gasteiger partial charge in [-0.1, -0.05) is 25.5 Å². The Kier molecular flexibility index (Phi) is 3.57. The third-order valence-corrected chi connectivity index (χ3v) is 8.80. The lowest BCUT2D eigenvalue weighted by atomic mass is 9.47. The summed E-state index contributed by atoms with van der Waals surface area (Å²) in [6.45, 7) is 7.35. The Labute approximate surface area is 141 Å². The summed E-state index contributed by atoms with van der Waals surface area (Å²) in [5.41, 5.74) is 1.76. The van der Waals surface area contributed by atoms with E-state index >= 15 is 0 Å². The first-order chi connectivity index (χ1) is 10.8. The molecule has 130 valence electrons. The molecule has 0 aromatic rings. The summed E-state index contributed by atoms with van der Waals surface area (Å²) in [5.74, 6) is 2.94. The first-order valence-electron chi connectivity index (χ1n) is 9.83. The topological polar surface area (TPSA) is 40.5 Å². The zero-order chi connectivity index (χ0) is 16.5. The van der Waals surface area contributed by atoms with Crippen LogP contribution in [0.1, 0.15) is 72.1 Å². The van der Waals surface area contributed by atoms with Crippen molar-refractivity contribution in [2.24, 2.45) is 34.5 Å². The molecule has 4 aliphatic carbocycles. The lowest BCUT2D eigenvalue weighted by Gasteiger charge is -2.58. The molecular formula is C21H34O2. The maximum atomic E-state index is 10.5. The SMILES string of the molecule is CC1(O)CCC2(C)C(=CCC3C2CCC2(C)C(CO)CCC32)C1. The molecule has 0 aromatic heterocycles. The molecule has 0 bridgehead atoms. The summed E-state index contributed by atoms with van der Waals surface area (Å²) in [5, 5.41) is 20.3. The molecule has 0 saturated heterocycles. The summed E-state index contributed by atoms with van der Waals surface area (Å²) < 4.78 is 0. The second-order valence-electron chi connectivity index (χ2n) is 9.93. The van der Waals surface area contributed by atoms with Crippen molar-refractivity contribution in [2.75, 3.05) is 6.61 Å². The molecule has 0 aliphatic heterocycles. The molecule has 7 atom stereocenters. The van der Waals surface area contributed by atoms with Gasteiger partial charge in [-0.3, -0.25) is 0 Å². The number of rotatable bonds is 1. The molecule has 0 aromatic carbocycles. The van der Waals surface area contributed by atoms with Gasteiger partial charge in [0.15, 0.2) is 0 Å². The number of hydrogen-bond acceptors (Lipinski definition) is 2. The van der Waals surface area contributed by atoms with Crippen LogP contribution in [-0.2, 0) is 0 Å². The van der Waals surface area contributed by atoms with Crippen LogP contribution in [0.3, 0.4) is 0 Å².